The van der Waals surface area contributed by atoms with Crippen LogP contribution in [-0.4, -0.2) is 68.2 Å². The summed E-state index contributed by atoms with van der Waals surface area (Å²) in [6.07, 6.45) is 0.116. The van der Waals surface area contributed by atoms with Crippen LogP contribution in [0.1, 0.15) is 5.56 Å². The van der Waals surface area contributed by atoms with Crippen LogP contribution in [0.25, 0.3) is 10.8 Å². The van der Waals surface area contributed by atoms with Gasteiger partial charge in [0.15, 0.2) is 0 Å². The van der Waals surface area contributed by atoms with Gasteiger partial charge in [-0.05, 0) is 16.3 Å². The summed E-state index contributed by atoms with van der Waals surface area (Å²) in [7, 11) is 1.40. The van der Waals surface area contributed by atoms with E-state index in [9.17, 15) is 9.59 Å². The number of rotatable bonds is 5. The summed E-state index contributed by atoms with van der Waals surface area (Å²) < 4.78 is 4.74. The van der Waals surface area contributed by atoms with Crippen LogP contribution in [0, 0.1) is 0 Å². The molecule has 2 amide bonds. The van der Waals surface area contributed by atoms with Gasteiger partial charge >= 0.3 is 6.09 Å². The molecule has 0 bridgehead atoms. The topological polar surface area (TPSA) is 61.9 Å². The second-order valence-corrected chi connectivity index (χ2v) is 6.46. The number of benzene rings is 2. The molecular formula is C20H25N3O3. The molecule has 0 saturated carbocycles. The first-order valence-corrected chi connectivity index (χ1v) is 8.96. The van der Waals surface area contributed by atoms with Crippen molar-refractivity contribution < 1.29 is 14.3 Å². The molecule has 2 aromatic rings. The van der Waals surface area contributed by atoms with Gasteiger partial charge in [0.2, 0.25) is 5.91 Å². The van der Waals surface area contributed by atoms with Crippen LogP contribution >= 0.6 is 0 Å². The number of carbonyl (C=O) groups excluding carboxylic acids is 2. The average Bonchev–Trinajstić information content (AvgIpc) is 2.68. The molecule has 1 fully saturated rings. The summed E-state index contributed by atoms with van der Waals surface area (Å²) >= 11 is 0. The Morgan fingerprint density at radius 3 is 2.54 bits per heavy atom. The van der Waals surface area contributed by atoms with E-state index in [0.717, 1.165) is 36.0 Å². The quantitative estimate of drug-likeness (QED) is 0.890. The van der Waals surface area contributed by atoms with Gasteiger partial charge in [-0.3, -0.25) is 9.69 Å². The molecule has 1 aliphatic rings. The van der Waals surface area contributed by atoms with E-state index in [1.807, 2.05) is 24.3 Å². The molecule has 2 aromatic carbocycles. The third kappa shape index (κ3) is 4.52. The van der Waals surface area contributed by atoms with Crippen molar-refractivity contribution in [3.63, 3.8) is 0 Å². The Kier molecular flexibility index (Phi) is 6.07. The fraction of sp³-hybridized carbons (Fsp3) is 0.400. The minimum absolute atomic E-state index is 0.0366. The van der Waals surface area contributed by atoms with Gasteiger partial charge in [-0.25, -0.2) is 4.79 Å². The van der Waals surface area contributed by atoms with Crippen molar-refractivity contribution in [1.29, 1.82) is 0 Å². The molecule has 0 unspecified atom stereocenters. The maximum atomic E-state index is 12.3. The Hall–Kier alpha value is -2.60. The first-order valence-electron chi connectivity index (χ1n) is 8.96. The predicted molar refractivity (Wildman–Crippen MR) is 101 cm³/mol. The smallest absolute Gasteiger partial charge is 0.409 e. The lowest BCUT2D eigenvalue weighted by molar-refractivity contribution is -0.120. The number of piperazine rings is 1. The number of methoxy groups -OCH3 is 1. The zero-order valence-electron chi connectivity index (χ0n) is 15.1. The van der Waals surface area contributed by atoms with Crippen molar-refractivity contribution in [3.05, 3.63) is 48.0 Å². The number of nitrogens with one attached hydrogen (secondary N) is 1. The lowest BCUT2D eigenvalue weighted by Gasteiger charge is -2.33. The zero-order valence-corrected chi connectivity index (χ0v) is 15.1. The second-order valence-electron chi connectivity index (χ2n) is 6.46. The van der Waals surface area contributed by atoms with Crippen LogP contribution < -0.4 is 5.32 Å². The molecule has 1 N–H and O–H groups in total. The number of fused-ring (bicyclic) bond motifs is 1. The molecule has 1 heterocycles. The van der Waals surface area contributed by atoms with Gasteiger partial charge in [-0.15, -0.1) is 0 Å². The number of hydrogen-bond acceptors (Lipinski definition) is 4. The molecule has 1 aliphatic heterocycles. The lowest BCUT2D eigenvalue weighted by Crippen LogP contribution is -2.50. The third-order valence-electron chi connectivity index (χ3n) is 4.79. The van der Waals surface area contributed by atoms with E-state index < -0.39 is 0 Å². The van der Waals surface area contributed by atoms with Crippen molar-refractivity contribution in [2.24, 2.45) is 0 Å². The molecule has 0 atom stereocenters. The van der Waals surface area contributed by atoms with Gasteiger partial charge in [0.1, 0.15) is 0 Å². The minimum atomic E-state index is -0.270. The fourth-order valence-electron chi connectivity index (χ4n) is 3.32. The van der Waals surface area contributed by atoms with E-state index >= 15 is 0 Å². The summed E-state index contributed by atoms with van der Waals surface area (Å²) in [5.74, 6) is 0.0366. The Bertz CT molecular complexity index is 764. The van der Waals surface area contributed by atoms with Gasteiger partial charge in [-0.1, -0.05) is 42.5 Å². The van der Waals surface area contributed by atoms with Crippen LogP contribution in [0.5, 0.6) is 0 Å². The van der Waals surface area contributed by atoms with Crippen molar-refractivity contribution in [1.82, 2.24) is 15.1 Å². The molecule has 0 spiro atoms. The van der Waals surface area contributed by atoms with Gasteiger partial charge in [0.25, 0.3) is 0 Å². The van der Waals surface area contributed by atoms with E-state index in [1.54, 1.807) is 4.90 Å². The highest BCUT2D eigenvalue weighted by Crippen LogP contribution is 2.18. The number of amides is 2. The molecule has 138 valence electrons. The van der Waals surface area contributed by atoms with Crippen LogP contribution in [0.3, 0.4) is 0 Å². The lowest BCUT2D eigenvalue weighted by atomic mass is 10.0. The predicted octanol–water partition coefficient (Wildman–Crippen LogP) is 1.88. The number of carbonyl (C=O) groups is 2. The van der Waals surface area contributed by atoms with E-state index in [-0.39, 0.29) is 12.0 Å². The molecule has 0 radical (unpaired) electrons. The summed E-state index contributed by atoms with van der Waals surface area (Å²) in [5.41, 5.74) is 1.05. The molecular weight excluding hydrogens is 330 g/mol. The summed E-state index contributed by atoms with van der Waals surface area (Å²) in [4.78, 5) is 27.7. The maximum absolute atomic E-state index is 12.3. The Labute approximate surface area is 153 Å². The average molecular weight is 355 g/mol. The molecule has 6 heteroatoms. The first-order chi connectivity index (χ1) is 12.7. The Morgan fingerprint density at radius 2 is 1.77 bits per heavy atom. The van der Waals surface area contributed by atoms with E-state index in [1.165, 1.54) is 7.11 Å². The van der Waals surface area contributed by atoms with Crippen molar-refractivity contribution >= 4 is 22.8 Å². The van der Waals surface area contributed by atoms with Gasteiger partial charge in [0, 0.05) is 39.3 Å². The van der Waals surface area contributed by atoms with Gasteiger partial charge in [0.05, 0.1) is 13.5 Å². The molecule has 6 nitrogen and oxygen atoms in total. The highest BCUT2D eigenvalue weighted by Gasteiger charge is 2.21. The largest absolute Gasteiger partial charge is 0.453 e. The van der Waals surface area contributed by atoms with Gasteiger partial charge in [-0.2, -0.15) is 0 Å². The van der Waals surface area contributed by atoms with Crippen LogP contribution in [0.4, 0.5) is 4.79 Å². The summed E-state index contributed by atoms with van der Waals surface area (Å²) in [6, 6.07) is 14.2. The first kappa shape index (κ1) is 18.2. The van der Waals surface area contributed by atoms with Crippen LogP contribution in [0.15, 0.2) is 42.5 Å². The Morgan fingerprint density at radius 1 is 1.04 bits per heavy atom. The normalized spacial score (nSPS) is 15.0. The van der Waals surface area contributed by atoms with Crippen molar-refractivity contribution in [2.75, 3.05) is 46.4 Å². The summed E-state index contributed by atoms with van der Waals surface area (Å²) in [6.45, 7) is 4.33. The highest BCUT2D eigenvalue weighted by atomic mass is 16.5. The number of ether oxygens (including phenoxy) is 1. The molecule has 1 saturated heterocycles. The third-order valence-corrected chi connectivity index (χ3v) is 4.79. The van der Waals surface area contributed by atoms with E-state index in [0.29, 0.717) is 26.1 Å². The monoisotopic (exact) mass is 355 g/mol. The molecule has 0 aromatic heterocycles. The Balaban J connectivity index is 1.43. The summed E-state index contributed by atoms with van der Waals surface area (Å²) in [5, 5.41) is 5.29. The second kappa shape index (κ2) is 8.67. The molecule has 26 heavy (non-hydrogen) atoms. The minimum Gasteiger partial charge on any atom is -0.453 e. The maximum Gasteiger partial charge on any atom is 0.409 e. The fourth-order valence-corrected chi connectivity index (χ4v) is 3.32. The molecule has 3 rings (SSSR count). The zero-order chi connectivity index (χ0) is 18.4. The number of hydrogen-bond donors (Lipinski definition) is 1. The van der Waals surface area contributed by atoms with Gasteiger partial charge < -0.3 is 15.0 Å². The highest BCUT2D eigenvalue weighted by molar-refractivity contribution is 5.90. The molecule has 0 aliphatic carbocycles. The standard InChI is InChI=1S/C20H25N3O3/c1-26-20(25)23-13-11-22(12-14-23)10-9-21-19(24)15-17-7-4-6-16-5-2-3-8-18(16)17/h2-8H,9-15H2,1H3,(H,21,24). The van der Waals surface area contributed by atoms with Crippen molar-refractivity contribution in [2.45, 2.75) is 6.42 Å². The van der Waals surface area contributed by atoms with Crippen LogP contribution in [0.2, 0.25) is 0 Å². The number of nitrogens with zero attached hydrogens (tertiary/aromatic N) is 2. The van der Waals surface area contributed by atoms with E-state index in [2.05, 4.69) is 28.4 Å². The van der Waals surface area contributed by atoms with Crippen molar-refractivity contribution in [3.8, 4) is 0 Å². The SMILES string of the molecule is COC(=O)N1CCN(CCNC(=O)Cc2cccc3ccccc23)CC1. The van der Waals surface area contributed by atoms with Crippen LogP contribution in [-0.2, 0) is 16.0 Å². The van der Waals surface area contributed by atoms with E-state index in [4.69, 9.17) is 4.74 Å².